The standard InChI is InChI=1S/C15H20ClNO3/c1-15(2,3)20-14(18)17-8-11(9-17)10-19-13-6-4-5-12(16)7-13/h4-7,11H,8-10H2,1-3H3. The van der Waals surface area contributed by atoms with Crippen molar-refractivity contribution in [2.45, 2.75) is 26.4 Å². The Morgan fingerprint density at radius 1 is 1.40 bits per heavy atom. The highest BCUT2D eigenvalue weighted by atomic mass is 35.5. The number of halogens is 1. The molecule has 0 unspecified atom stereocenters. The van der Waals surface area contributed by atoms with Gasteiger partial charge in [0.2, 0.25) is 0 Å². The molecule has 1 aromatic carbocycles. The van der Waals surface area contributed by atoms with Crippen LogP contribution in [0.25, 0.3) is 0 Å². The maximum absolute atomic E-state index is 11.8. The zero-order chi connectivity index (χ0) is 14.8. The molecule has 1 fully saturated rings. The van der Waals surface area contributed by atoms with Gasteiger partial charge >= 0.3 is 6.09 Å². The van der Waals surface area contributed by atoms with Gasteiger partial charge in [-0.25, -0.2) is 4.79 Å². The van der Waals surface area contributed by atoms with Crippen molar-refractivity contribution in [1.29, 1.82) is 0 Å². The molecule has 2 rings (SSSR count). The van der Waals surface area contributed by atoms with E-state index in [-0.39, 0.29) is 6.09 Å². The van der Waals surface area contributed by atoms with E-state index >= 15 is 0 Å². The van der Waals surface area contributed by atoms with Crippen LogP contribution in [-0.4, -0.2) is 36.3 Å². The number of likely N-dealkylation sites (tertiary alicyclic amines) is 1. The molecule has 0 saturated carbocycles. The molecule has 1 saturated heterocycles. The van der Waals surface area contributed by atoms with Gasteiger partial charge in [-0.2, -0.15) is 0 Å². The second kappa shape index (κ2) is 5.92. The fourth-order valence-corrected chi connectivity index (χ4v) is 2.10. The number of benzene rings is 1. The minimum atomic E-state index is -0.445. The van der Waals surface area contributed by atoms with E-state index in [1.54, 1.807) is 11.0 Å². The first-order valence-electron chi connectivity index (χ1n) is 6.70. The Morgan fingerprint density at radius 3 is 2.70 bits per heavy atom. The molecule has 0 aromatic heterocycles. The highest BCUT2D eigenvalue weighted by Crippen LogP contribution is 2.22. The van der Waals surface area contributed by atoms with Gasteiger partial charge in [-0.05, 0) is 39.0 Å². The molecule has 0 radical (unpaired) electrons. The number of hydrogen-bond acceptors (Lipinski definition) is 3. The molecule has 0 atom stereocenters. The van der Waals surface area contributed by atoms with Gasteiger partial charge in [0, 0.05) is 24.0 Å². The molecule has 0 aliphatic carbocycles. The summed E-state index contributed by atoms with van der Waals surface area (Å²) in [6, 6.07) is 7.31. The summed E-state index contributed by atoms with van der Waals surface area (Å²) < 4.78 is 11.0. The summed E-state index contributed by atoms with van der Waals surface area (Å²) in [4.78, 5) is 13.4. The molecule has 20 heavy (non-hydrogen) atoms. The number of carbonyl (C=O) groups is 1. The number of hydrogen-bond donors (Lipinski definition) is 0. The molecule has 0 bridgehead atoms. The Morgan fingerprint density at radius 2 is 2.10 bits per heavy atom. The highest BCUT2D eigenvalue weighted by molar-refractivity contribution is 6.30. The van der Waals surface area contributed by atoms with E-state index in [0.29, 0.717) is 30.6 Å². The Labute approximate surface area is 124 Å². The lowest BCUT2D eigenvalue weighted by atomic mass is 10.0. The van der Waals surface area contributed by atoms with Crippen LogP contribution in [-0.2, 0) is 4.74 Å². The van der Waals surface area contributed by atoms with Crippen LogP contribution in [0.1, 0.15) is 20.8 Å². The summed E-state index contributed by atoms with van der Waals surface area (Å²) in [5.41, 5.74) is -0.445. The zero-order valence-corrected chi connectivity index (χ0v) is 12.8. The van der Waals surface area contributed by atoms with Gasteiger partial charge in [-0.1, -0.05) is 17.7 Å². The Kier molecular flexibility index (Phi) is 4.43. The van der Waals surface area contributed by atoms with E-state index in [2.05, 4.69) is 0 Å². The second-order valence-corrected chi connectivity index (χ2v) is 6.46. The van der Waals surface area contributed by atoms with Crippen LogP contribution in [0.4, 0.5) is 4.79 Å². The van der Waals surface area contributed by atoms with Gasteiger partial charge in [0.15, 0.2) is 0 Å². The number of ether oxygens (including phenoxy) is 2. The third-order valence-corrected chi connectivity index (χ3v) is 3.13. The Hall–Kier alpha value is -1.42. The first-order valence-corrected chi connectivity index (χ1v) is 7.07. The molecule has 1 amide bonds. The molecule has 1 aliphatic rings. The lowest BCUT2D eigenvalue weighted by molar-refractivity contribution is -0.00781. The van der Waals surface area contributed by atoms with Crippen molar-refractivity contribution in [2.75, 3.05) is 19.7 Å². The van der Waals surface area contributed by atoms with E-state index in [4.69, 9.17) is 21.1 Å². The van der Waals surface area contributed by atoms with E-state index in [0.717, 1.165) is 5.75 Å². The minimum absolute atomic E-state index is 0.253. The van der Waals surface area contributed by atoms with E-state index < -0.39 is 5.60 Å². The van der Waals surface area contributed by atoms with Gasteiger partial charge in [0.1, 0.15) is 11.4 Å². The summed E-state index contributed by atoms with van der Waals surface area (Å²) in [5.74, 6) is 1.11. The molecule has 5 heteroatoms. The largest absolute Gasteiger partial charge is 0.493 e. The third-order valence-electron chi connectivity index (χ3n) is 2.89. The smallest absolute Gasteiger partial charge is 0.410 e. The fraction of sp³-hybridized carbons (Fsp3) is 0.533. The van der Waals surface area contributed by atoms with Crippen molar-refractivity contribution in [3.8, 4) is 5.75 Å². The molecule has 110 valence electrons. The van der Waals surface area contributed by atoms with Gasteiger partial charge < -0.3 is 14.4 Å². The summed E-state index contributed by atoms with van der Waals surface area (Å²) >= 11 is 5.88. The van der Waals surface area contributed by atoms with Crippen LogP contribution in [0, 0.1) is 5.92 Å². The van der Waals surface area contributed by atoms with Gasteiger partial charge in [0.25, 0.3) is 0 Å². The lowest BCUT2D eigenvalue weighted by Gasteiger charge is -2.39. The highest BCUT2D eigenvalue weighted by Gasteiger charge is 2.33. The molecule has 0 spiro atoms. The Bertz CT molecular complexity index is 478. The molecular formula is C15H20ClNO3. The van der Waals surface area contributed by atoms with Crippen molar-refractivity contribution in [3.05, 3.63) is 29.3 Å². The average molecular weight is 298 g/mol. The number of carbonyl (C=O) groups excluding carboxylic acids is 1. The topological polar surface area (TPSA) is 38.8 Å². The quantitative estimate of drug-likeness (QED) is 0.856. The predicted octanol–water partition coefficient (Wildman–Crippen LogP) is 3.59. The third kappa shape index (κ3) is 4.30. The first-order chi connectivity index (χ1) is 9.33. The number of amides is 1. The summed E-state index contributed by atoms with van der Waals surface area (Å²) in [5, 5.41) is 0.659. The van der Waals surface area contributed by atoms with Crippen LogP contribution in [0.2, 0.25) is 5.02 Å². The second-order valence-electron chi connectivity index (χ2n) is 6.02. The monoisotopic (exact) mass is 297 g/mol. The van der Waals surface area contributed by atoms with Crippen molar-refractivity contribution < 1.29 is 14.3 Å². The fourth-order valence-electron chi connectivity index (χ4n) is 1.92. The van der Waals surface area contributed by atoms with E-state index in [1.807, 2.05) is 39.0 Å². The number of rotatable bonds is 3. The van der Waals surface area contributed by atoms with Gasteiger partial charge in [-0.3, -0.25) is 0 Å². The van der Waals surface area contributed by atoms with Crippen LogP contribution in [0.5, 0.6) is 5.75 Å². The van der Waals surface area contributed by atoms with Crippen LogP contribution in [0.3, 0.4) is 0 Å². The Balaban J connectivity index is 1.71. The lowest BCUT2D eigenvalue weighted by Crippen LogP contribution is -2.53. The van der Waals surface area contributed by atoms with Crippen molar-refractivity contribution in [2.24, 2.45) is 5.92 Å². The van der Waals surface area contributed by atoms with Gasteiger partial charge in [-0.15, -0.1) is 0 Å². The molecule has 1 aromatic rings. The SMILES string of the molecule is CC(C)(C)OC(=O)N1CC(COc2cccc(Cl)c2)C1. The zero-order valence-electron chi connectivity index (χ0n) is 12.1. The molecule has 0 N–H and O–H groups in total. The maximum atomic E-state index is 11.8. The van der Waals surface area contributed by atoms with E-state index in [1.165, 1.54) is 0 Å². The minimum Gasteiger partial charge on any atom is -0.493 e. The summed E-state index contributed by atoms with van der Waals surface area (Å²) in [6.45, 7) is 7.53. The molecule has 1 aliphatic heterocycles. The normalized spacial score (nSPS) is 15.7. The van der Waals surface area contributed by atoms with Crippen LogP contribution in [0.15, 0.2) is 24.3 Å². The molecular weight excluding hydrogens is 278 g/mol. The van der Waals surface area contributed by atoms with Crippen LogP contribution >= 0.6 is 11.6 Å². The van der Waals surface area contributed by atoms with E-state index in [9.17, 15) is 4.79 Å². The van der Waals surface area contributed by atoms with Crippen LogP contribution < -0.4 is 4.74 Å². The molecule has 1 heterocycles. The first kappa shape index (κ1) is 15.0. The van der Waals surface area contributed by atoms with Crippen molar-refractivity contribution in [1.82, 2.24) is 4.90 Å². The summed E-state index contributed by atoms with van der Waals surface area (Å²) in [7, 11) is 0. The average Bonchev–Trinajstić information content (AvgIpc) is 2.24. The molecule has 4 nitrogen and oxygen atoms in total. The number of nitrogens with zero attached hydrogens (tertiary/aromatic N) is 1. The van der Waals surface area contributed by atoms with Crippen molar-refractivity contribution >= 4 is 17.7 Å². The maximum Gasteiger partial charge on any atom is 0.410 e. The van der Waals surface area contributed by atoms with Gasteiger partial charge in [0.05, 0.1) is 6.61 Å². The predicted molar refractivity (Wildman–Crippen MR) is 78.2 cm³/mol. The summed E-state index contributed by atoms with van der Waals surface area (Å²) in [6.07, 6.45) is -0.253. The van der Waals surface area contributed by atoms with Crippen molar-refractivity contribution in [3.63, 3.8) is 0 Å².